The number of amides is 1. The fraction of sp³-hybridized carbons (Fsp3) is 0.588. The van der Waals surface area contributed by atoms with Crippen molar-refractivity contribution in [3.05, 3.63) is 33.8 Å². The Morgan fingerprint density at radius 1 is 0.952 bits per heavy atom. The summed E-state index contributed by atoms with van der Waals surface area (Å²) in [6.07, 6.45) is 10.1. The summed E-state index contributed by atoms with van der Waals surface area (Å²) in [5, 5.41) is 3.80. The SMILES string of the molecule is CCCCCCCCCCNC(=O)c1ccc(Cl)c(Cl)c1. The summed E-state index contributed by atoms with van der Waals surface area (Å²) in [7, 11) is 0. The predicted octanol–water partition coefficient (Wildman–Crippen LogP) is 5.86. The second kappa shape index (κ2) is 10.9. The fourth-order valence-corrected chi connectivity index (χ4v) is 2.50. The third-order valence-corrected chi connectivity index (χ3v) is 4.24. The van der Waals surface area contributed by atoms with Crippen molar-refractivity contribution in [2.24, 2.45) is 0 Å². The largest absolute Gasteiger partial charge is 0.352 e. The second-order valence-corrected chi connectivity index (χ2v) is 6.17. The maximum Gasteiger partial charge on any atom is 0.251 e. The van der Waals surface area contributed by atoms with Crippen molar-refractivity contribution in [2.75, 3.05) is 6.54 Å². The summed E-state index contributed by atoms with van der Waals surface area (Å²) in [5.41, 5.74) is 0.559. The van der Waals surface area contributed by atoms with Crippen LogP contribution in [0.1, 0.15) is 68.6 Å². The van der Waals surface area contributed by atoms with E-state index in [0.29, 0.717) is 22.2 Å². The van der Waals surface area contributed by atoms with Gasteiger partial charge in [0.1, 0.15) is 0 Å². The van der Waals surface area contributed by atoms with Crippen LogP contribution in [0.25, 0.3) is 0 Å². The first-order chi connectivity index (χ1) is 10.1. The number of unbranched alkanes of at least 4 members (excludes halogenated alkanes) is 7. The lowest BCUT2D eigenvalue weighted by atomic mass is 10.1. The molecule has 1 N–H and O–H groups in total. The molecule has 0 aliphatic rings. The van der Waals surface area contributed by atoms with E-state index in [-0.39, 0.29) is 5.91 Å². The van der Waals surface area contributed by atoms with Crippen LogP contribution in [0.15, 0.2) is 18.2 Å². The van der Waals surface area contributed by atoms with Gasteiger partial charge in [-0.15, -0.1) is 0 Å². The third-order valence-electron chi connectivity index (χ3n) is 3.50. The van der Waals surface area contributed by atoms with Gasteiger partial charge in [-0.3, -0.25) is 4.79 Å². The van der Waals surface area contributed by atoms with Crippen molar-refractivity contribution in [1.29, 1.82) is 0 Å². The molecule has 1 aromatic carbocycles. The fourth-order valence-electron chi connectivity index (χ4n) is 2.20. The zero-order valence-electron chi connectivity index (χ0n) is 12.8. The summed E-state index contributed by atoms with van der Waals surface area (Å²) in [6, 6.07) is 4.94. The van der Waals surface area contributed by atoms with E-state index in [4.69, 9.17) is 23.2 Å². The minimum absolute atomic E-state index is 0.0866. The average molecular weight is 330 g/mol. The zero-order chi connectivity index (χ0) is 15.5. The summed E-state index contributed by atoms with van der Waals surface area (Å²) in [4.78, 5) is 11.9. The molecule has 0 spiro atoms. The predicted molar refractivity (Wildman–Crippen MR) is 91.4 cm³/mol. The highest BCUT2D eigenvalue weighted by molar-refractivity contribution is 6.42. The number of carbonyl (C=O) groups is 1. The molecule has 0 saturated carbocycles. The molecule has 0 unspecified atom stereocenters. The molecule has 0 aromatic heterocycles. The van der Waals surface area contributed by atoms with Crippen molar-refractivity contribution in [3.63, 3.8) is 0 Å². The number of rotatable bonds is 10. The summed E-state index contributed by atoms with van der Waals surface area (Å²) in [5.74, 6) is -0.0866. The number of benzene rings is 1. The molecule has 0 fully saturated rings. The van der Waals surface area contributed by atoms with Crippen molar-refractivity contribution in [2.45, 2.75) is 58.3 Å². The van der Waals surface area contributed by atoms with E-state index in [1.165, 1.54) is 44.9 Å². The van der Waals surface area contributed by atoms with Crippen LogP contribution in [0.3, 0.4) is 0 Å². The number of hydrogen-bond donors (Lipinski definition) is 1. The lowest BCUT2D eigenvalue weighted by Crippen LogP contribution is -2.24. The number of hydrogen-bond acceptors (Lipinski definition) is 1. The molecule has 118 valence electrons. The van der Waals surface area contributed by atoms with Crippen LogP contribution in [0.2, 0.25) is 10.0 Å². The van der Waals surface area contributed by atoms with Crippen LogP contribution >= 0.6 is 23.2 Å². The minimum Gasteiger partial charge on any atom is -0.352 e. The van der Waals surface area contributed by atoms with Gasteiger partial charge in [-0.25, -0.2) is 0 Å². The van der Waals surface area contributed by atoms with Gasteiger partial charge in [-0.2, -0.15) is 0 Å². The molecule has 1 aromatic rings. The van der Waals surface area contributed by atoms with Gasteiger partial charge in [-0.1, -0.05) is 75.1 Å². The first-order valence-electron chi connectivity index (χ1n) is 7.88. The lowest BCUT2D eigenvalue weighted by Gasteiger charge is -2.06. The minimum atomic E-state index is -0.0866. The lowest BCUT2D eigenvalue weighted by molar-refractivity contribution is 0.0953. The Balaban J connectivity index is 2.09. The summed E-state index contributed by atoms with van der Waals surface area (Å²) in [6.45, 7) is 2.95. The van der Waals surface area contributed by atoms with E-state index in [1.807, 2.05) is 0 Å². The van der Waals surface area contributed by atoms with Gasteiger partial charge in [0.05, 0.1) is 10.0 Å². The highest BCUT2D eigenvalue weighted by Gasteiger charge is 2.07. The molecule has 0 aliphatic heterocycles. The molecule has 0 atom stereocenters. The van der Waals surface area contributed by atoms with Crippen LogP contribution in [0.4, 0.5) is 0 Å². The number of nitrogens with one attached hydrogen (secondary N) is 1. The third kappa shape index (κ3) is 7.73. The molecule has 1 rings (SSSR count). The summed E-state index contributed by atoms with van der Waals surface area (Å²) < 4.78 is 0. The molecule has 4 heteroatoms. The van der Waals surface area contributed by atoms with E-state index in [9.17, 15) is 4.79 Å². The first-order valence-corrected chi connectivity index (χ1v) is 8.64. The topological polar surface area (TPSA) is 29.1 Å². The van der Waals surface area contributed by atoms with Crippen molar-refractivity contribution in [3.8, 4) is 0 Å². The van der Waals surface area contributed by atoms with E-state index in [1.54, 1.807) is 18.2 Å². The molecular formula is C17H25Cl2NO. The number of carbonyl (C=O) groups excluding carboxylic acids is 1. The summed E-state index contributed by atoms with van der Waals surface area (Å²) >= 11 is 11.7. The Morgan fingerprint density at radius 2 is 1.57 bits per heavy atom. The molecule has 0 bridgehead atoms. The molecule has 0 heterocycles. The molecule has 1 amide bonds. The van der Waals surface area contributed by atoms with Crippen LogP contribution in [0, 0.1) is 0 Å². The van der Waals surface area contributed by atoms with Crippen molar-refractivity contribution < 1.29 is 4.79 Å². The van der Waals surface area contributed by atoms with Gasteiger partial charge < -0.3 is 5.32 Å². The van der Waals surface area contributed by atoms with E-state index < -0.39 is 0 Å². The van der Waals surface area contributed by atoms with Crippen molar-refractivity contribution >= 4 is 29.1 Å². The van der Waals surface area contributed by atoms with Crippen LogP contribution in [-0.2, 0) is 0 Å². The Hall–Kier alpha value is -0.730. The molecular weight excluding hydrogens is 305 g/mol. The molecule has 2 nitrogen and oxygen atoms in total. The number of halogens is 2. The van der Waals surface area contributed by atoms with E-state index >= 15 is 0 Å². The highest BCUT2D eigenvalue weighted by atomic mass is 35.5. The van der Waals surface area contributed by atoms with Gasteiger partial charge in [-0.05, 0) is 24.6 Å². The molecule has 0 radical (unpaired) electrons. The normalized spacial score (nSPS) is 10.6. The van der Waals surface area contributed by atoms with E-state index in [0.717, 1.165) is 6.42 Å². The standard InChI is InChI=1S/C17H25Cl2NO/c1-2-3-4-5-6-7-8-9-12-20-17(21)14-10-11-15(18)16(19)13-14/h10-11,13H,2-9,12H2,1H3,(H,20,21). The quantitative estimate of drug-likeness (QED) is 0.535. The van der Waals surface area contributed by atoms with Gasteiger partial charge in [0.15, 0.2) is 0 Å². The van der Waals surface area contributed by atoms with Crippen LogP contribution in [-0.4, -0.2) is 12.5 Å². The highest BCUT2D eigenvalue weighted by Crippen LogP contribution is 2.22. The smallest absolute Gasteiger partial charge is 0.251 e. The van der Waals surface area contributed by atoms with Crippen LogP contribution in [0.5, 0.6) is 0 Å². The van der Waals surface area contributed by atoms with Crippen molar-refractivity contribution in [1.82, 2.24) is 5.32 Å². The zero-order valence-corrected chi connectivity index (χ0v) is 14.3. The Morgan fingerprint density at radius 3 is 2.19 bits per heavy atom. The maximum absolute atomic E-state index is 11.9. The van der Waals surface area contributed by atoms with Gasteiger partial charge in [0, 0.05) is 12.1 Å². The maximum atomic E-state index is 11.9. The first kappa shape index (κ1) is 18.3. The van der Waals surface area contributed by atoms with E-state index in [2.05, 4.69) is 12.2 Å². The molecule has 0 saturated heterocycles. The molecule has 0 aliphatic carbocycles. The van der Waals surface area contributed by atoms with Gasteiger partial charge in [0.25, 0.3) is 5.91 Å². The Bertz CT molecular complexity index is 435. The average Bonchev–Trinajstić information content (AvgIpc) is 2.48. The van der Waals surface area contributed by atoms with Crippen LogP contribution < -0.4 is 5.32 Å². The molecule has 21 heavy (non-hydrogen) atoms. The monoisotopic (exact) mass is 329 g/mol. The Labute approximate surface area is 138 Å². The van der Waals surface area contributed by atoms with Gasteiger partial charge >= 0.3 is 0 Å². The Kier molecular flexibility index (Phi) is 9.53. The van der Waals surface area contributed by atoms with Gasteiger partial charge in [0.2, 0.25) is 0 Å². The second-order valence-electron chi connectivity index (χ2n) is 5.36.